The minimum Gasteiger partial charge on any atom is -0.373 e. The van der Waals surface area contributed by atoms with Crippen molar-refractivity contribution < 1.29 is 14.2 Å². The Balaban J connectivity index is 4.80. The Morgan fingerprint density at radius 3 is 1.68 bits per heavy atom. The van der Waals surface area contributed by atoms with Crippen molar-refractivity contribution in [3.05, 3.63) is 0 Å². The van der Waals surface area contributed by atoms with E-state index in [1.54, 1.807) is 0 Å². The van der Waals surface area contributed by atoms with Crippen molar-refractivity contribution in [2.45, 2.75) is 104 Å². The summed E-state index contributed by atoms with van der Waals surface area (Å²) in [5.41, 5.74) is -0.349. The zero-order valence-corrected chi connectivity index (χ0v) is 16.0. The summed E-state index contributed by atoms with van der Waals surface area (Å²) < 4.78 is 18.1. The quantitative estimate of drug-likeness (QED) is 0.286. The molecule has 0 heterocycles. The topological polar surface area (TPSA) is 27.7 Å². The fourth-order valence-corrected chi connectivity index (χ4v) is 3.42. The number of rotatable bonds is 15. The van der Waals surface area contributed by atoms with Crippen LogP contribution in [0.25, 0.3) is 0 Å². The highest BCUT2D eigenvalue weighted by Crippen LogP contribution is 2.39. The minimum absolute atomic E-state index is 0.349. The molecule has 1 atom stereocenters. The van der Waals surface area contributed by atoms with Gasteiger partial charge in [0.15, 0.2) is 5.79 Å². The van der Waals surface area contributed by atoms with E-state index >= 15 is 0 Å². The Bertz CT molecular complexity index is 249. The number of hydrogen-bond acceptors (Lipinski definition) is 3. The molecule has 0 aliphatic heterocycles. The van der Waals surface area contributed by atoms with Crippen molar-refractivity contribution in [2.75, 3.05) is 20.3 Å². The summed E-state index contributed by atoms with van der Waals surface area (Å²) in [6.45, 7) is 11.8. The molecule has 0 aromatic heterocycles. The molecule has 0 rings (SSSR count). The Kier molecular flexibility index (Phi) is 12.3. The third-order valence-corrected chi connectivity index (χ3v) is 4.65. The van der Waals surface area contributed by atoms with E-state index in [9.17, 15) is 0 Å². The van der Waals surface area contributed by atoms with E-state index in [0.717, 1.165) is 19.3 Å². The van der Waals surface area contributed by atoms with Crippen LogP contribution in [0.5, 0.6) is 0 Å². The maximum Gasteiger partial charge on any atom is 0.194 e. The first kappa shape index (κ1) is 21.9. The van der Waals surface area contributed by atoms with Crippen molar-refractivity contribution in [1.29, 1.82) is 0 Å². The second-order valence-corrected chi connectivity index (χ2v) is 6.28. The fourth-order valence-electron chi connectivity index (χ4n) is 3.42. The third-order valence-electron chi connectivity index (χ3n) is 4.65. The molecule has 0 saturated carbocycles. The molecule has 0 saturated heterocycles. The largest absolute Gasteiger partial charge is 0.373 e. The first-order valence-electron chi connectivity index (χ1n) is 9.38. The number of ether oxygens (including phenoxy) is 3. The van der Waals surface area contributed by atoms with E-state index < -0.39 is 5.79 Å². The van der Waals surface area contributed by atoms with Gasteiger partial charge in [0.1, 0.15) is 5.60 Å². The molecule has 0 aromatic rings. The molecule has 1 unspecified atom stereocenters. The van der Waals surface area contributed by atoms with Crippen molar-refractivity contribution in [3.8, 4) is 0 Å². The summed E-state index contributed by atoms with van der Waals surface area (Å²) in [5, 5.41) is 0. The standard InChI is InChI=1S/C19H40O3/c1-7-11-12-13-14-15-17-19(20-6,16-8-2)18(5,21-9-3)22-10-4/h7-17H2,1-6H3. The zero-order valence-electron chi connectivity index (χ0n) is 16.0. The lowest BCUT2D eigenvalue weighted by Crippen LogP contribution is -2.57. The maximum absolute atomic E-state index is 6.03. The average molecular weight is 317 g/mol. The SMILES string of the molecule is CCCCCCCCC(CCC)(OC)C(C)(OCC)OCC. The van der Waals surface area contributed by atoms with Crippen LogP contribution in [0, 0.1) is 0 Å². The molecule has 0 spiro atoms. The molecule has 3 nitrogen and oxygen atoms in total. The molecule has 22 heavy (non-hydrogen) atoms. The van der Waals surface area contributed by atoms with Gasteiger partial charge in [0.05, 0.1) is 0 Å². The normalized spacial score (nSPS) is 15.0. The highest BCUT2D eigenvalue weighted by atomic mass is 16.7. The molecule has 0 N–H and O–H groups in total. The van der Waals surface area contributed by atoms with E-state index in [0.29, 0.717) is 13.2 Å². The molecule has 0 aliphatic carbocycles. The summed E-state index contributed by atoms with van der Waals surface area (Å²) in [5.74, 6) is -0.662. The monoisotopic (exact) mass is 316 g/mol. The predicted octanol–water partition coefficient (Wildman–Crippen LogP) is 5.71. The van der Waals surface area contributed by atoms with Crippen molar-refractivity contribution in [2.24, 2.45) is 0 Å². The lowest BCUT2D eigenvalue weighted by molar-refractivity contribution is -0.319. The maximum atomic E-state index is 6.03. The second kappa shape index (κ2) is 12.3. The first-order valence-corrected chi connectivity index (χ1v) is 9.38. The smallest absolute Gasteiger partial charge is 0.194 e. The minimum atomic E-state index is -0.662. The molecule has 0 aliphatic rings. The van der Waals surface area contributed by atoms with Crippen LogP contribution < -0.4 is 0 Å². The van der Waals surface area contributed by atoms with E-state index in [-0.39, 0.29) is 5.60 Å². The van der Waals surface area contributed by atoms with Crippen molar-refractivity contribution in [1.82, 2.24) is 0 Å². The van der Waals surface area contributed by atoms with Crippen molar-refractivity contribution in [3.63, 3.8) is 0 Å². The fraction of sp³-hybridized carbons (Fsp3) is 1.00. The molecule has 0 fully saturated rings. The van der Waals surface area contributed by atoms with Gasteiger partial charge in [-0.1, -0.05) is 58.8 Å². The van der Waals surface area contributed by atoms with Crippen LogP contribution in [0.3, 0.4) is 0 Å². The van der Waals surface area contributed by atoms with Gasteiger partial charge in [-0.2, -0.15) is 0 Å². The first-order chi connectivity index (χ1) is 10.6. The summed E-state index contributed by atoms with van der Waals surface area (Å²) in [4.78, 5) is 0. The van der Waals surface area contributed by atoms with Gasteiger partial charge in [0.25, 0.3) is 0 Å². The molecule has 134 valence electrons. The van der Waals surface area contributed by atoms with Crippen LogP contribution in [0.1, 0.15) is 92.4 Å². The Labute approximate surface area is 139 Å². The summed E-state index contributed by atoms with van der Waals surface area (Å²) in [6, 6.07) is 0. The van der Waals surface area contributed by atoms with Gasteiger partial charge in [0, 0.05) is 20.3 Å². The zero-order chi connectivity index (χ0) is 16.9. The Morgan fingerprint density at radius 2 is 1.23 bits per heavy atom. The third kappa shape index (κ3) is 6.55. The van der Waals surface area contributed by atoms with Crippen LogP contribution >= 0.6 is 0 Å². The van der Waals surface area contributed by atoms with Crippen LogP contribution in [0.2, 0.25) is 0 Å². The number of hydrogen-bond donors (Lipinski definition) is 0. The van der Waals surface area contributed by atoms with E-state index in [2.05, 4.69) is 20.8 Å². The van der Waals surface area contributed by atoms with E-state index in [4.69, 9.17) is 14.2 Å². The van der Waals surface area contributed by atoms with Gasteiger partial charge in [0.2, 0.25) is 0 Å². The van der Waals surface area contributed by atoms with Crippen molar-refractivity contribution >= 4 is 0 Å². The molecule has 0 radical (unpaired) electrons. The molecular formula is C19H40O3. The number of methoxy groups -OCH3 is 1. The van der Waals surface area contributed by atoms with Gasteiger partial charge in [-0.25, -0.2) is 0 Å². The molecule has 0 bridgehead atoms. The lowest BCUT2D eigenvalue weighted by atomic mass is 9.83. The highest BCUT2D eigenvalue weighted by Gasteiger charge is 2.49. The van der Waals surface area contributed by atoms with Crippen LogP contribution in [0.15, 0.2) is 0 Å². The lowest BCUT2D eigenvalue weighted by Gasteiger charge is -2.47. The molecule has 0 amide bonds. The van der Waals surface area contributed by atoms with Crippen LogP contribution in [-0.4, -0.2) is 31.7 Å². The molecule has 0 aromatic carbocycles. The highest BCUT2D eigenvalue weighted by molar-refractivity contribution is 4.93. The van der Waals surface area contributed by atoms with Gasteiger partial charge in [-0.15, -0.1) is 0 Å². The van der Waals surface area contributed by atoms with E-state index in [1.807, 2.05) is 21.0 Å². The molecular weight excluding hydrogens is 276 g/mol. The predicted molar refractivity (Wildman–Crippen MR) is 94.3 cm³/mol. The second-order valence-electron chi connectivity index (χ2n) is 6.28. The Morgan fingerprint density at radius 1 is 0.682 bits per heavy atom. The summed E-state index contributed by atoms with van der Waals surface area (Å²) in [7, 11) is 1.81. The van der Waals surface area contributed by atoms with Gasteiger partial charge < -0.3 is 14.2 Å². The summed E-state index contributed by atoms with van der Waals surface area (Å²) >= 11 is 0. The van der Waals surface area contributed by atoms with Gasteiger partial charge in [-0.05, 0) is 33.6 Å². The van der Waals surface area contributed by atoms with E-state index in [1.165, 1.54) is 38.5 Å². The van der Waals surface area contributed by atoms with Crippen LogP contribution in [-0.2, 0) is 14.2 Å². The average Bonchev–Trinajstić information content (AvgIpc) is 2.50. The number of unbranched alkanes of at least 4 members (excludes halogenated alkanes) is 5. The summed E-state index contributed by atoms with van der Waals surface area (Å²) in [6.07, 6.45) is 10.8. The molecule has 3 heteroatoms. The van der Waals surface area contributed by atoms with Crippen LogP contribution in [0.4, 0.5) is 0 Å². The Hall–Kier alpha value is -0.120. The van der Waals surface area contributed by atoms with Gasteiger partial charge in [-0.3, -0.25) is 0 Å². The van der Waals surface area contributed by atoms with Gasteiger partial charge >= 0.3 is 0 Å².